The summed E-state index contributed by atoms with van der Waals surface area (Å²) in [4.78, 5) is 26.3. The summed E-state index contributed by atoms with van der Waals surface area (Å²) in [7, 11) is 2.99. The number of ether oxygens (including phenoxy) is 4. The maximum Gasteiger partial charge on any atom is 0.410 e. The summed E-state index contributed by atoms with van der Waals surface area (Å²) in [6, 6.07) is 11.8. The predicted molar refractivity (Wildman–Crippen MR) is 174 cm³/mol. The molecule has 2 fully saturated rings. The lowest BCUT2D eigenvalue weighted by Crippen LogP contribution is -2.57. The lowest BCUT2D eigenvalue weighted by atomic mass is 9.96. The van der Waals surface area contributed by atoms with Crippen LogP contribution in [0, 0.1) is 5.82 Å². The van der Waals surface area contributed by atoms with Gasteiger partial charge in [0, 0.05) is 38.3 Å². The number of piperazine rings is 1. The molecule has 1 amide bonds. The van der Waals surface area contributed by atoms with E-state index in [0.29, 0.717) is 29.9 Å². The van der Waals surface area contributed by atoms with Gasteiger partial charge in [0.25, 0.3) is 0 Å². The SMILES string of the molecule is COC(OC)C(C)Oc1nc(N2CC3CCC(C2)N3C(=O)OC(C)(C)C)c2cc(Cl)c(-c3cc(O)cc4ccccc34)c(F)c2n1. The quantitative estimate of drug-likeness (QED) is 0.213. The first-order valence-electron chi connectivity index (χ1n) is 15.3. The molecule has 3 aromatic carbocycles. The second kappa shape index (κ2) is 12.4. The van der Waals surface area contributed by atoms with Crippen LogP contribution in [0.1, 0.15) is 40.5 Å². The number of halogens is 2. The lowest BCUT2D eigenvalue weighted by Gasteiger charge is -2.42. The summed E-state index contributed by atoms with van der Waals surface area (Å²) in [5.41, 5.74) is -0.0771. The number of aromatic hydroxyl groups is 1. The van der Waals surface area contributed by atoms with Crippen molar-refractivity contribution in [2.24, 2.45) is 0 Å². The molecule has 3 heterocycles. The van der Waals surface area contributed by atoms with Gasteiger partial charge in [-0.15, -0.1) is 0 Å². The average Bonchev–Trinajstić information content (AvgIpc) is 3.26. The van der Waals surface area contributed by atoms with Crippen molar-refractivity contribution in [3.8, 4) is 22.9 Å². The van der Waals surface area contributed by atoms with E-state index in [-0.39, 0.29) is 46.0 Å². The summed E-state index contributed by atoms with van der Waals surface area (Å²) in [6.45, 7) is 8.20. The van der Waals surface area contributed by atoms with Gasteiger partial charge in [0.15, 0.2) is 12.1 Å². The summed E-state index contributed by atoms with van der Waals surface area (Å²) < 4.78 is 39.4. The van der Waals surface area contributed by atoms with Gasteiger partial charge >= 0.3 is 12.1 Å². The molecule has 46 heavy (non-hydrogen) atoms. The highest BCUT2D eigenvalue weighted by Gasteiger charge is 2.45. The number of methoxy groups -OCH3 is 2. The highest BCUT2D eigenvalue weighted by molar-refractivity contribution is 6.35. The van der Waals surface area contributed by atoms with E-state index in [1.807, 2.05) is 54.8 Å². The Kier molecular flexibility index (Phi) is 8.60. The molecule has 3 unspecified atom stereocenters. The molecule has 2 aliphatic heterocycles. The minimum absolute atomic E-state index is 0.00678. The van der Waals surface area contributed by atoms with Gasteiger partial charge in [-0.2, -0.15) is 9.97 Å². The maximum absolute atomic E-state index is 16.9. The Bertz CT molecular complexity index is 1780. The maximum atomic E-state index is 16.9. The van der Waals surface area contributed by atoms with Crippen LogP contribution >= 0.6 is 11.6 Å². The smallest absolute Gasteiger partial charge is 0.410 e. The molecule has 10 nitrogen and oxygen atoms in total. The standard InChI is InChI=1S/C34H38ClFN4O6/c1-18(31(43-5)44-6)45-32-37-29-25(15-26(35)27(28(29)36)24-14-22(41)13-19-9-7-8-10-23(19)24)30(38-32)39-16-20-11-12-21(17-39)40(20)33(42)46-34(2,3)4/h7-10,13-15,18,20-21,31,41H,11-12,16-17H2,1-6H3. The van der Waals surface area contributed by atoms with Crippen molar-refractivity contribution < 1.29 is 33.2 Å². The Hall–Kier alpha value is -3.93. The highest BCUT2D eigenvalue weighted by Crippen LogP contribution is 2.43. The van der Waals surface area contributed by atoms with Crippen LogP contribution in [0.4, 0.5) is 15.0 Å². The molecule has 0 spiro atoms. The number of fused-ring (bicyclic) bond motifs is 4. The third-order valence-electron chi connectivity index (χ3n) is 8.48. The molecule has 1 N–H and O–H groups in total. The van der Waals surface area contributed by atoms with Crippen LogP contribution in [-0.2, 0) is 14.2 Å². The number of hydrogen-bond donors (Lipinski definition) is 1. The fourth-order valence-corrected chi connectivity index (χ4v) is 6.89. The number of carbonyl (C=O) groups is 1. The first-order chi connectivity index (χ1) is 21.9. The van der Waals surface area contributed by atoms with Crippen LogP contribution in [0.15, 0.2) is 42.5 Å². The molecule has 2 bridgehead atoms. The van der Waals surface area contributed by atoms with Gasteiger partial charge in [-0.3, -0.25) is 4.90 Å². The number of carbonyl (C=O) groups excluding carboxylic acids is 1. The van der Waals surface area contributed by atoms with Crippen LogP contribution in [0.3, 0.4) is 0 Å². The zero-order chi connectivity index (χ0) is 32.9. The Morgan fingerprint density at radius 1 is 1.04 bits per heavy atom. The van der Waals surface area contributed by atoms with E-state index >= 15 is 4.39 Å². The van der Waals surface area contributed by atoms with E-state index in [4.69, 9.17) is 35.5 Å². The minimum Gasteiger partial charge on any atom is -0.508 e. The zero-order valence-corrected chi connectivity index (χ0v) is 27.5. The Morgan fingerprint density at radius 2 is 1.72 bits per heavy atom. The van der Waals surface area contributed by atoms with Crippen molar-refractivity contribution in [1.82, 2.24) is 14.9 Å². The normalized spacial score (nSPS) is 18.9. The summed E-state index contributed by atoms with van der Waals surface area (Å²) in [5, 5.41) is 12.5. The summed E-state index contributed by atoms with van der Waals surface area (Å²) >= 11 is 6.88. The zero-order valence-electron chi connectivity index (χ0n) is 26.7. The summed E-state index contributed by atoms with van der Waals surface area (Å²) in [5.74, 6) is -0.258. The van der Waals surface area contributed by atoms with Gasteiger partial charge in [-0.05, 0) is 75.1 Å². The van der Waals surface area contributed by atoms with E-state index in [9.17, 15) is 9.90 Å². The molecule has 244 valence electrons. The predicted octanol–water partition coefficient (Wildman–Crippen LogP) is 6.92. The van der Waals surface area contributed by atoms with Crippen molar-refractivity contribution in [1.29, 1.82) is 0 Å². The monoisotopic (exact) mass is 652 g/mol. The van der Waals surface area contributed by atoms with Gasteiger partial charge in [-0.1, -0.05) is 35.9 Å². The van der Waals surface area contributed by atoms with Crippen LogP contribution in [0.5, 0.6) is 11.8 Å². The molecule has 0 saturated carbocycles. The molecule has 12 heteroatoms. The first kappa shape index (κ1) is 32.0. The van der Waals surface area contributed by atoms with Crippen LogP contribution in [0.25, 0.3) is 32.8 Å². The fourth-order valence-electron chi connectivity index (χ4n) is 6.59. The number of phenols is 1. The van der Waals surface area contributed by atoms with Gasteiger partial charge in [0.1, 0.15) is 28.8 Å². The Labute approximate surface area is 272 Å². The number of nitrogens with zero attached hydrogens (tertiary/aromatic N) is 4. The fraction of sp³-hybridized carbons (Fsp3) is 0.441. The number of phenolic OH excluding ortho intramolecular Hbond substituents is 1. The van der Waals surface area contributed by atoms with Gasteiger partial charge in [-0.25, -0.2) is 9.18 Å². The van der Waals surface area contributed by atoms with Crippen molar-refractivity contribution in [2.45, 2.75) is 70.6 Å². The second-order valence-electron chi connectivity index (χ2n) is 12.8. The first-order valence-corrected chi connectivity index (χ1v) is 15.7. The van der Waals surface area contributed by atoms with E-state index < -0.39 is 23.8 Å². The van der Waals surface area contributed by atoms with Crippen LogP contribution in [0.2, 0.25) is 5.02 Å². The second-order valence-corrected chi connectivity index (χ2v) is 13.2. The molecule has 0 aliphatic carbocycles. The third kappa shape index (κ3) is 5.99. The van der Waals surface area contributed by atoms with Crippen molar-refractivity contribution in [3.05, 3.63) is 53.3 Å². The van der Waals surface area contributed by atoms with Gasteiger partial charge < -0.3 is 29.0 Å². The molecule has 0 radical (unpaired) electrons. The van der Waals surface area contributed by atoms with Crippen LogP contribution < -0.4 is 9.64 Å². The van der Waals surface area contributed by atoms with Crippen molar-refractivity contribution >= 4 is 45.2 Å². The van der Waals surface area contributed by atoms with Crippen molar-refractivity contribution in [2.75, 3.05) is 32.2 Å². The van der Waals surface area contributed by atoms with E-state index in [2.05, 4.69) is 4.98 Å². The molecular weight excluding hydrogens is 615 g/mol. The largest absolute Gasteiger partial charge is 0.508 e. The van der Waals surface area contributed by atoms with Gasteiger partial charge in [0.2, 0.25) is 0 Å². The number of hydrogen-bond acceptors (Lipinski definition) is 9. The number of anilines is 1. The molecule has 3 atom stereocenters. The highest BCUT2D eigenvalue weighted by atomic mass is 35.5. The number of amides is 1. The van der Waals surface area contributed by atoms with Crippen LogP contribution in [-0.4, -0.2) is 83.5 Å². The van der Waals surface area contributed by atoms with E-state index in [1.165, 1.54) is 20.3 Å². The number of benzene rings is 3. The Balaban J connectivity index is 1.48. The van der Waals surface area contributed by atoms with E-state index in [1.54, 1.807) is 19.1 Å². The van der Waals surface area contributed by atoms with Gasteiger partial charge in [0.05, 0.1) is 17.1 Å². The molecular formula is C34H38ClFN4O6. The third-order valence-corrected chi connectivity index (χ3v) is 8.78. The average molecular weight is 653 g/mol. The lowest BCUT2D eigenvalue weighted by molar-refractivity contribution is -0.152. The van der Waals surface area contributed by atoms with Crippen molar-refractivity contribution in [3.63, 3.8) is 0 Å². The molecule has 6 rings (SSSR count). The number of aromatic nitrogens is 2. The molecule has 4 aromatic rings. The molecule has 1 aromatic heterocycles. The minimum atomic E-state index is -0.722. The summed E-state index contributed by atoms with van der Waals surface area (Å²) in [6.07, 6.45) is -0.0912. The Morgan fingerprint density at radius 3 is 2.37 bits per heavy atom. The topological polar surface area (TPSA) is 106 Å². The van der Waals surface area contributed by atoms with E-state index in [0.717, 1.165) is 23.6 Å². The molecule has 2 aliphatic rings. The number of rotatable bonds is 7. The molecule has 2 saturated heterocycles.